The minimum atomic E-state index is -0.530. The summed E-state index contributed by atoms with van der Waals surface area (Å²) in [5.74, 6) is 0.374. The van der Waals surface area contributed by atoms with Crippen molar-refractivity contribution in [1.29, 1.82) is 0 Å². The zero-order valence-electron chi connectivity index (χ0n) is 10.7. The van der Waals surface area contributed by atoms with Gasteiger partial charge < -0.3 is 9.47 Å². The average Bonchev–Trinajstić information content (AvgIpc) is 2.41. The van der Waals surface area contributed by atoms with Crippen LogP contribution in [0.1, 0.15) is 5.56 Å². The molecule has 0 unspecified atom stereocenters. The van der Waals surface area contributed by atoms with Crippen LogP contribution in [0.4, 0.5) is 0 Å². The lowest BCUT2D eigenvalue weighted by atomic mass is 10.2. The maximum Gasteiger partial charge on any atom is 0.349 e. The molecule has 0 saturated carbocycles. The van der Waals surface area contributed by atoms with E-state index in [1.165, 1.54) is 12.1 Å². The maximum atomic E-state index is 11.7. The van der Waals surface area contributed by atoms with Crippen molar-refractivity contribution >= 4 is 29.2 Å². The molecule has 0 bridgehead atoms. The minimum absolute atomic E-state index is 0.191. The van der Waals surface area contributed by atoms with Crippen molar-refractivity contribution < 1.29 is 14.3 Å². The highest BCUT2D eigenvalue weighted by Gasteiger charge is 2.10. The summed E-state index contributed by atoms with van der Waals surface area (Å²) in [6.07, 6.45) is 0. The Hall–Kier alpha value is -1.71. The molecule has 0 radical (unpaired) electrons. The van der Waals surface area contributed by atoms with Gasteiger partial charge in [-0.2, -0.15) is 0 Å². The first kappa shape index (κ1) is 14.7. The molecule has 2 rings (SSSR count). The van der Waals surface area contributed by atoms with Gasteiger partial charge in [0, 0.05) is 5.02 Å². The highest BCUT2D eigenvalue weighted by molar-refractivity contribution is 6.35. The van der Waals surface area contributed by atoms with E-state index in [2.05, 4.69) is 0 Å². The van der Waals surface area contributed by atoms with E-state index in [1.54, 1.807) is 12.1 Å². The van der Waals surface area contributed by atoms with E-state index in [4.69, 9.17) is 32.7 Å². The Bertz CT molecular complexity index is 626. The molecule has 0 fully saturated rings. The number of hydrogen-bond acceptors (Lipinski definition) is 3. The van der Waals surface area contributed by atoms with Crippen molar-refractivity contribution in [2.45, 2.75) is 6.92 Å². The van der Waals surface area contributed by atoms with Crippen molar-refractivity contribution in [3.05, 3.63) is 58.1 Å². The first-order chi connectivity index (χ1) is 9.56. The lowest BCUT2D eigenvalue weighted by molar-refractivity contribution is -0.136. The smallest absolute Gasteiger partial charge is 0.349 e. The first-order valence-electron chi connectivity index (χ1n) is 5.90. The summed E-state index contributed by atoms with van der Waals surface area (Å²) in [7, 11) is 0. The summed E-state index contributed by atoms with van der Waals surface area (Å²) in [4.78, 5) is 11.7. The normalized spacial score (nSPS) is 10.2. The second-order valence-corrected chi connectivity index (χ2v) is 4.95. The quantitative estimate of drug-likeness (QED) is 0.624. The highest BCUT2D eigenvalue weighted by Crippen LogP contribution is 2.27. The van der Waals surface area contributed by atoms with Crippen LogP contribution in [0, 0.1) is 6.92 Å². The Labute approximate surface area is 127 Å². The molecule has 0 aliphatic carbocycles. The Morgan fingerprint density at radius 2 is 1.85 bits per heavy atom. The molecule has 2 aromatic rings. The molecule has 5 heteroatoms. The van der Waals surface area contributed by atoms with Crippen LogP contribution in [0.3, 0.4) is 0 Å². The van der Waals surface area contributed by atoms with E-state index in [1.807, 2.05) is 25.1 Å². The fraction of sp³-hybridized carbons (Fsp3) is 0.133. The Morgan fingerprint density at radius 1 is 1.10 bits per heavy atom. The molecule has 104 valence electrons. The second kappa shape index (κ2) is 6.64. The van der Waals surface area contributed by atoms with Crippen LogP contribution in [-0.2, 0) is 4.79 Å². The zero-order valence-corrected chi connectivity index (χ0v) is 12.2. The van der Waals surface area contributed by atoms with Crippen LogP contribution in [0.5, 0.6) is 11.5 Å². The molecule has 0 amide bonds. The zero-order chi connectivity index (χ0) is 14.5. The second-order valence-electron chi connectivity index (χ2n) is 4.10. The minimum Gasteiger partial charge on any atom is -0.482 e. The fourth-order valence-electron chi connectivity index (χ4n) is 1.57. The predicted octanol–water partition coefficient (Wildman–Crippen LogP) is 4.29. The summed E-state index contributed by atoms with van der Waals surface area (Å²) >= 11 is 11.7. The molecule has 2 aromatic carbocycles. The number of para-hydroxylation sites is 1. The Balaban J connectivity index is 1.94. The number of halogens is 2. The van der Waals surface area contributed by atoms with Crippen LogP contribution < -0.4 is 9.47 Å². The number of benzene rings is 2. The lowest BCUT2D eigenvalue weighted by Gasteiger charge is -2.09. The van der Waals surface area contributed by atoms with Gasteiger partial charge in [0.05, 0.1) is 5.02 Å². The van der Waals surface area contributed by atoms with Crippen LogP contribution in [0.25, 0.3) is 0 Å². The summed E-state index contributed by atoms with van der Waals surface area (Å²) in [6.45, 7) is 1.71. The third kappa shape index (κ3) is 3.89. The number of aryl methyl sites for hydroxylation is 1. The van der Waals surface area contributed by atoms with Gasteiger partial charge in [0.2, 0.25) is 0 Å². The molecule has 0 atom stereocenters. The van der Waals surface area contributed by atoms with E-state index < -0.39 is 5.97 Å². The summed E-state index contributed by atoms with van der Waals surface area (Å²) in [5.41, 5.74) is 0.949. The van der Waals surface area contributed by atoms with Gasteiger partial charge in [0.25, 0.3) is 0 Å². The number of hydrogen-bond donors (Lipinski definition) is 0. The van der Waals surface area contributed by atoms with Crippen molar-refractivity contribution in [2.75, 3.05) is 6.61 Å². The predicted molar refractivity (Wildman–Crippen MR) is 78.8 cm³/mol. The third-order valence-electron chi connectivity index (χ3n) is 2.56. The van der Waals surface area contributed by atoms with Crippen molar-refractivity contribution in [3.63, 3.8) is 0 Å². The van der Waals surface area contributed by atoms with Crippen molar-refractivity contribution in [1.82, 2.24) is 0 Å². The van der Waals surface area contributed by atoms with Gasteiger partial charge in [0.1, 0.15) is 11.5 Å². The summed E-state index contributed by atoms with van der Waals surface area (Å²) in [5, 5.41) is 0.757. The van der Waals surface area contributed by atoms with Gasteiger partial charge in [-0.25, -0.2) is 4.79 Å². The molecule has 0 saturated heterocycles. The van der Waals surface area contributed by atoms with E-state index in [9.17, 15) is 4.79 Å². The number of ether oxygens (including phenoxy) is 2. The maximum absolute atomic E-state index is 11.7. The third-order valence-corrected chi connectivity index (χ3v) is 3.09. The molecular weight excluding hydrogens is 299 g/mol. The highest BCUT2D eigenvalue weighted by atomic mass is 35.5. The van der Waals surface area contributed by atoms with Gasteiger partial charge >= 0.3 is 5.97 Å². The average molecular weight is 311 g/mol. The Kier molecular flexibility index (Phi) is 4.88. The molecule has 0 aromatic heterocycles. The van der Waals surface area contributed by atoms with Gasteiger partial charge in [-0.15, -0.1) is 0 Å². The van der Waals surface area contributed by atoms with E-state index in [0.717, 1.165) is 5.56 Å². The molecular formula is C15H12Cl2O3. The fourth-order valence-corrected chi connectivity index (χ4v) is 2.01. The molecule has 0 aliphatic rings. The molecule has 0 heterocycles. The van der Waals surface area contributed by atoms with Crippen LogP contribution in [-0.4, -0.2) is 12.6 Å². The molecule has 20 heavy (non-hydrogen) atoms. The monoisotopic (exact) mass is 310 g/mol. The first-order valence-corrected chi connectivity index (χ1v) is 6.66. The van der Waals surface area contributed by atoms with Crippen LogP contribution >= 0.6 is 23.2 Å². The van der Waals surface area contributed by atoms with Gasteiger partial charge in [-0.1, -0.05) is 41.4 Å². The SMILES string of the molecule is Cc1ccccc1OCC(=O)Oc1ccc(Cl)cc1Cl. The van der Waals surface area contributed by atoms with Crippen LogP contribution in [0.2, 0.25) is 10.0 Å². The largest absolute Gasteiger partial charge is 0.482 e. The van der Waals surface area contributed by atoms with E-state index >= 15 is 0 Å². The summed E-state index contributed by atoms with van der Waals surface area (Å²) in [6, 6.07) is 12.1. The van der Waals surface area contributed by atoms with E-state index in [0.29, 0.717) is 10.8 Å². The molecule has 0 aliphatic heterocycles. The van der Waals surface area contributed by atoms with Crippen LogP contribution in [0.15, 0.2) is 42.5 Å². The molecule has 3 nitrogen and oxygen atoms in total. The van der Waals surface area contributed by atoms with E-state index in [-0.39, 0.29) is 17.4 Å². The summed E-state index contributed by atoms with van der Waals surface area (Å²) < 4.78 is 10.5. The topological polar surface area (TPSA) is 35.5 Å². The van der Waals surface area contributed by atoms with Crippen molar-refractivity contribution in [3.8, 4) is 11.5 Å². The van der Waals surface area contributed by atoms with Gasteiger partial charge in [0.15, 0.2) is 6.61 Å². The standard InChI is InChI=1S/C15H12Cl2O3/c1-10-4-2-3-5-13(10)19-9-15(18)20-14-7-6-11(16)8-12(14)17/h2-8H,9H2,1H3. The molecule has 0 N–H and O–H groups in total. The van der Waals surface area contributed by atoms with Gasteiger partial charge in [-0.05, 0) is 36.8 Å². The number of esters is 1. The number of rotatable bonds is 4. The number of carbonyl (C=O) groups is 1. The van der Waals surface area contributed by atoms with Gasteiger partial charge in [-0.3, -0.25) is 0 Å². The Morgan fingerprint density at radius 3 is 2.55 bits per heavy atom. The molecule has 0 spiro atoms. The number of carbonyl (C=O) groups excluding carboxylic acids is 1. The lowest BCUT2D eigenvalue weighted by Crippen LogP contribution is -2.18. The van der Waals surface area contributed by atoms with Crippen molar-refractivity contribution in [2.24, 2.45) is 0 Å².